The van der Waals surface area contributed by atoms with Crippen molar-refractivity contribution < 1.29 is 29.1 Å². The van der Waals surface area contributed by atoms with Crippen LogP contribution in [-0.2, 0) is 0 Å². The highest BCUT2D eigenvalue weighted by atomic mass is 16.3. The second kappa shape index (κ2) is 10.8. The molecule has 0 saturated heterocycles. The van der Waals surface area contributed by atoms with Crippen LogP contribution in [0, 0.1) is 0 Å². The summed E-state index contributed by atoms with van der Waals surface area (Å²) in [5, 5.41) is -0.368. The standard InChI is InChI=1S/C48H30N2O/c1-3-14-31(15-4-1)34-20-12-26-44-46(34)47-43(25-13-27-45(47)51-44)50-41-24-10-8-19-37(41)39-30-32(28-29-42(39)50)35-21-11-22-38-36-18-7-9-23-40(36)49(48(35)38)33-16-5-2-6-17-33/h1-30H/i3D,7D,8D,9D,10D,11D,12D,13D,14D,18D,19D,20D,22D,24D,26D,27D,29D,30D. The molecular weight excluding hydrogens is 621 g/mol. The lowest BCUT2D eigenvalue weighted by Gasteiger charge is -2.13. The minimum Gasteiger partial charge on any atom is -0.456 e. The summed E-state index contributed by atoms with van der Waals surface area (Å²) >= 11 is 0. The number of fused-ring (bicyclic) bond motifs is 9. The number of para-hydroxylation sites is 4. The maximum atomic E-state index is 10.1. The van der Waals surface area contributed by atoms with Crippen LogP contribution in [0.5, 0.6) is 0 Å². The topological polar surface area (TPSA) is 23.0 Å². The fourth-order valence-electron chi connectivity index (χ4n) is 7.11. The van der Waals surface area contributed by atoms with Gasteiger partial charge in [0.25, 0.3) is 0 Å². The van der Waals surface area contributed by atoms with Crippen molar-refractivity contribution in [3.05, 3.63) is 182 Å². The van der Waals surface area contributed by atoms with Gasteiger partial charge >= 0.3 is 0 Å². The van der Waals surface area contributed by atoms with Crippen molar-refractivity contribution in [1.29, 1.82) is 0 Å². The molecule has 0 unspecified atom stereocenters. The van der Waals surface area contributed by atoms with Crippen molar-refractivity contribution in [3.8, 4) is 33.6 Å². The molecule has 11 rings (SSSR count). The second-order valence-corrected chi connectivity index (χ2v) is 11.9. The van der Waals surface area contributed by atoms with Gasteiger partial charge in [0.2, 0.25) is 0 Å². The molecule has 0 amide bonds. The Morgan fingerprint density at radius 3 is 2.14 bits per heavy atom. The van der Waals surface area contributed by atoms with Crippen LogP contribution in [0.15, 0.2) is 186 Å². The molecular formula is C48H30N2O. The van der Waals surface area contributed by atoms with Gasteiger partial charge in [0.1, 0.15) is 11.2 Å². The van der Waals surface area contributed by atoms with E-state index in [9.17, 15) is 6.85 Å². The van der Waals surface area contributed by atoms with E-state index in [4.69, 9.17) is 22.2 Å². The molecule has 8 aromatic carbocycles. The van der Waals surface area contributed by atoms with E-state index in [2.05, 4.69) is 0 Å². The van der Waals surface area contributed by atoms with Crippen LogP contribution < -0.4 is 0 Å². The predicted molar refractivity (Wildman–Crippen MR) is 213 cm³/mol. The lowest BCUT2D eigenvalue weighted by Crippen LogP contribution is -1.96. The third-order valence-corrected chi connectivity index (χ3v) is 9.20. The van der Waals surface area contributed by atoms with Crippen molar-refractivity contribution in [3.63, 3.8) is 0 Å². The predicted octanol–water partition coefficient (Wildman–Crippen LogP) is 13.1. The van der Waals surface area contributed by atoms with Crippen LogP contribution in [0.3, 0.4) is 0 Å². The number of hydrogen-bond donors (Lipinski definition) is 0. The third-order valence-electron chi connectivity index (χ3n) is 9.20. The minimum atomic E-state index is -0.688. The van der Waals surface area contributed by atoms with Crippen LogP contribution in [-0.4, -0.2) is 9.13 Å². The average molecular weight is 669 g/mol. The molecule has 0 radical (unpaired) electrons. The van der Waals surface area contributed by atoms with E-state index in [0.717, 1.165) is 0 Å². The zero-order valence-electron chi connectivity index (χ0n) is 44.2. The van der Waals surface area contributed by atoms with E-state index in [0.29, 0.717) is 5.69 Å². The summed E-state index contributed by atoms with van der Waals surface area (Å²) in [7, 11) is 0. The maximum absolute atomic E-state index is 10.1. The van der Waals surface area contributed by atoms with Gasteiger partial charge in [-0.1, -0.05) is 127 Å². The lowest BCUT2D eigenvalue weighted by atomic mass is 9.98. The quantitative estimate of drug-likeness (QED) is 0.183. The number of rotatable bonds is 4. The zero-order chi connectivity index (χ0) is 49.1. The Balaban J connectivity index is 1.36. The van der Waals surface area contributed by atoms with Gasteiger partial charge in [-0.2, -0.15) is 0 Å². The molecule has 51 heavy (non-hydrogen) atoms. The first kappa shape index (κ1) is 15.8. The SMILES string of the molecule is [2H]c1cccc(-c2c([2H])c([2H])c([2H])c3oc4c([2H])c([2H])cc(-n5c6c([2H])cc(-c7cc([2H])c([2H])c8c9c([2H])c([2H])c([2H])cc9n(-c9ccccc9)c78)c([2H])c6c6c([2H])c([2H])c([2H])c([2H])c65)c4c23)c1[2H]. The summed E-state index contributed by atoms with van der Waals surface area (Å²) in [6, 6.07) is 10.1. The van der Waals surface area contributed by atoms with Gasteiger partial charge < -0.3 is 13.6 Å². The molecule has 0 N–H and O–H groups in total. The van der Waals surface area contributed by atoms with Crippen molar-refractivity contribution in [1.82, 2.24) is 9.13 Å². The molecule has 0 atom stereocenters. The first-order valence-corrected chi connectivity index (χ1v) is 16.0. The Morgan fingerprint density at radius 2 is 1.20 bits per heavy atom. The van der Waals surface area contributed by atoms with Gasteiger partial charge in [-0.15, -0.1) is 0 Å². The fourth-order valence-corrected chi connectivity index (χ4v) is 7.11. The normalized spacial score (nSPS) is 16.9. The third kappa shape index (κ3) is 4.06. The lowest BCUT2D eigenvalue weighted by molar-refractivity contribution is 0.669. The Bertz CT molecular complexity index is 4180. The summed E-state index contributed by atoms with van der Waals surface area (Å²) in [5.41, 5.74) is -0.219. The van der Waals surface area contributed by atoms with E-state index in [1.165, 1.54) is 47.0 Å². The summed E-state index contributed by atoms with van der Waals surface area (Å²) < 4.78 is 172. The molecule has 0 fully saturated rings. The van der Waals surface area contributed by atoms with Crippen LogP contribution in [0.1, 0.15) is 24.7 Å². The zero-order valence-corrected chi connectivity index (χ0v) is 26.2. The van der Waals surface area contributed by atoms with Gasteiger partial charge in [-0.05, 0) is 71.2 Å². The van der Waals surface area contributed by atoms with E-state index in [1.54, 1.807) is 34.9 Å². The van der Waals surface area contributed by atoms with Gasteiger partial charge in [0.05, 0.1) is 57.8 Å². The molecule has 238 valence electrons. The Labute approximate surface area is 319 Å². The number of aromatic nitrogens is 2. The van der Waals surface area contributed by atoms with Crippen LogP contribution >= 0.6 is 0 Å². The van der Waals surface area contributed by atoms with Crippen molar-refractivity contribution >= 4 is 65.6 Å². The summed E-state index contributed by atoms with van der Waals surface area (Å²) in [4.78, 5) is 0. The number of hydrogen-bond acceptors (Lipinski definition) is 1. The molecule has 3 heterocycles. The van der Waals surface area contributed by atoms with Gasteiger partial charge in [-0.25, -0.2) is 0 Å². The number of benzene rings is 8. The van der Waals surface area contributed by atoms with E-state index in [-0.39, 0.29) is 136 Å². The molecule has 0 aliphatic carbocycles. The van der Waals surface area contributed by atoms with Crippen LogP contribution in [0.25, 0.3) is 99.2 Å². The summed E-state index contributed by atoms with van der Waals surface area (Å²) in [5.74, 6) is 0. The molecule has 0 spiro atoms. The smallest absolute Gasteiger partial charge is 0.137 e. The first-order chi connectivity index (χ1) is 32.8. The average Bonchev–Trinajstić information content (AvgIpc) is 4.01. The molecule has 3 aromatic heterocycles. The highest BCUT2D eigenvalue weighted by Gasteiger charge is 2.21. The van der Waals surface area contributed by atoms with E-state index in [1.807, 2.05) is 0 Å². The van der Waals surface area contributed by atoms with E-state index < -0.39 is 66.5 Å². The largest absolute Gasteiger partial charge is 0.456 e. The molecule has 0 aliphatic heterocycles. The van der Waals surface area contributed by atoms with Crippen LogP contribution in [0.2, 0.25) is 0 Å². The molecule has 0 bridgehead atoms. The molecule has 3 nitrogen and oxygen atoms in total. The van der Waals surface area contributed by atoms with Gasteiger partial charge in [-0.3, -0.25) is 0 Å². The maximum Gasteiger partial charge on any atom is 0.137 e. The molecule has 0 saturated carbocycles. The molecule has 11 aromatic rings. The van der Waals surface area contributed by atoms with Crippen molar-refractivity contribution in [2.24, 2.45) is 0 Å². The van der Waals surface area contributed by atoms with Crippen molar-refractivity contribution in [2.45, 2.75) is 0 Å². The Kier molecular flexibility index (Phi) is 3.36. The second-order valence-electron chi connectivity index (χ2n) is 11.9. The summed E-state index contributed by atoms with van der Waals surface area (Å²) in [6.07, 6.45) is 0. The Morgan fingerprint density at radius 1 is 0.431 bits per heavy atom. The van der Waals surface area contributed by atoms with Crippen molar-refractivity contribution in [2.75, 3.05) is 0 Å². The number of furan rings is 1. The monoisotopic (exact) mass is 668 g/mol. The van der Waals surface area contributed by atoms with Gasteiger partial charge in [0, 0.05) is 38.2 Å². The fraction of sp³-hybridized carbons (Fsp3) is 0. The van der Waals surface area contributed by atoms with E-state index >= 15 is 0 Å². The highest BCUT2D eigenvalue weighted by Crippen LogP contribution is 2.44. The molecule has 3 heteroatoms. The molecule has 0 aliphatic rings. The first-order valence-electron chi connectivity index (χ1n) is 25.0. The highest BCUT2D eigenvalue weighted by molar-refractivity contribution is 6.19. The minimum absolute atomic E-state index is 0.00617. The van der Waals surface area contributed by atoms with Gasteiger partial charge in [0.15, 0.2) is 0 Å². The van der Waals surface area contributed by atoms with Crippen LogP contribution in [0.4, 0.5) is 0 Å². The number of nitrogens with zero attached hydrogens (tertiary/aromatic N) is 2. The Hall–Kier alpha value is -6.84. The summed E-state index contributed by atoms with van der Waals surface area (Å²) in [6.45, 7) is 0.